The molecule has 4 rings (SSSR count). The number of hydrogen-bond donors (Lipinski definition) is 2. The van der Waals surface area contributed by atoms with Gasteiger partial charge in [0.05, 0.1) is 17.7 Å². The number of aryl methyl sites for hydroxylation is 1. The van der Waals surface area contributed by atoms with Gasteiger partial charge in [-0.2, -0.15) is 0 Å². The zero-order valence-electron chi connectivity index (χ0n) is 17.6. The highest BCUT2D eigenvalue weighted by atomic mass is 32.2. The first kappa shape index (κ1) is 21.4. The van der Waals surface area contributed by atoms with Crippen LogP contribution in [-0.2, 0) is 10.0 Å². The van der Waals surface area contributed by atoms with Crippen molar-refractivity contribution in [3.05, 3.63) is 96.1 Å². The number of anilines is 2. The van der Waals surface area contributed by atoms with Crippen molar-refractivity contribution >= 4 is 38.1 Å². The molecule has 0 atom stereocenters. The lowest BCUT2D eigenvalue weighted by Gasteiger charge is -2.16. The van der Waals surface area contributed by atoms with Crippen molar-refractivity contribution < 1.29 is 17.9 Å². The van der Waals surface area contributed by atoms with Crippen molar-refractivity contribution in [2.24, 2.45) is 0 Å². The van der Waals surface area contributed by atoms with Gasteiger partial charge in [-0.25, -0.2) is 8.42 Å². The van der Waals surface area contributed by atoms with Crippen LogP contribution in [0, 0.1) is 6.92 Å². The van der Waals surface area contributed by atoms with Gasteiger partial charge in [0.25, 0.3) is 15.9 Å². The second-order valence-electron chi connectivity index (χ2n) is 7.30. The van der Waals surface area contributed by atoms with Crippen LogP contribution >= 0.6 is 0 Å². The van der Waals surface area contributed by atoms with Gasteiger partial charge >= 0.3 is 0 Å². The topological polar surface area (TPSA) is 84.5 Å². The molecular weight excluding hydrogens is 424 g/mol. The number of carbonyl (C=O) groups excluding carboxylic acids is 1. The molecule has 4 aromatic rings. The van der Waals surface area contributed by atoms with Gasteiger partial charge in [0.1, 0.15) is 5.75 Å². The molecule has 4 aromatic carbocycles. The van der Waals surface area contributed by atoms with Crippen LogP contribution in [0.3, 0.4) is 0 Å². The van der Waals surface area contributed by atoms with Gasteiger partial charge in [0.2, 0.25) is 0 Å². The second-order valence-corrected chi connectivity index (χ2v) is 8.98. The van der Waals surface area contributed by atoms with Gasteiger partial charge in [-0.1, -0.05) is 48.5 Å². The standard InChI is InChI=1S/C25H22N2O4S/c1-17-14-23(24(31-2)16-22(17)26-25(28)19-9-4-3-5-10-19)27-32(29,30)21-13-12-18-8-6-7-11-20(18)15-21/h3-16,27H,1-2H3,(H,26,28). The molecule has 0 spiro atoms. The number of amides is 1. The minimum Gasteiger partial charge on any atom is -0.494 e. The molecule has 0 heterocycles. The fourth-order valence-electron chi connectivity index (χ4n) is 3.39. The number of carbonyl (C=O) groups is 1. The summed E-state index contributed by atoms with van der Waals surface area (Å²) in [6.07, 6.45) is 0. The van der Waals surface area contributed by atoms with E-state index < -0.39 is 10.0 Å². The molecule has 1 amide bonds. The molecule has 0 fully saturated rings. The molecule has 2 N–H and O–H groups in total. The fraction of sp³-hybridized carbons (Fsp3) is 0.0800. The molecular formula is C25H22N2O4S. The molecule has 0 saturated carbocycles. The summed E-state index contributed by atoms with van der Waals surface area (Å²) in [7, 11) is -2.40. The van der Waals surface area contributed by atoms with Gasteiger partial charge in [-0.15, -0.1) is 0 Å². The van der Waals surface area contributed by atoms with Crippen molar-refractivity contribution in [2.45, 2.75) is 11.8 Å². The Morgan fingerprint density at radius 3 is 2.22 bits per heavy atom. The molecule has 0 aromatic heterocycles. The van der Waals surface area contributed by atoms with Crippen LogP contribution in [0.15, 0.2) is 89.8 Å². The van der Waals surface area contributed by atoms with E-state index >= 15 is 0 Å². The van der Waals surface area contributed by atoms with Crippen LogP contribution in [0.4, 0.5) is 11.4 Å². The van der Waals surface area contributed by atoms with E-state index in [0.29, 0.717) is 22.6 Å². The maximum Gasteiger partial charge on any atom is 0.262 e. The number of benzene rings is 4. The Bertz CT molecular complexity index is 1400. The summed E-state index contributed by atoms with van der Waals surface area (Å²) in [5, 5.41) is 4.63. The van der Waals surface area contributed by atoms with E-state index in [1.54, 1.807) is 61.5 Å². The van der Waals surface area contributed by atoms with Crippen molar-refractivity contribution in [1.82, 2.24) is 0 Å². The Morgan fingerprint density at radius 2 is 1.50 bits per heavy atom. The summed E-state index contributed by atoms with van der Waals surface area (Å²) in [5.74, 6) is 0.0311. The average molecular weight is 447 g/mol. The largest absolute Gasteiger partial charge is 0.494 e. The van der Waals surface area contributed by atoms with E-state index in [2.05, 4.69) is 10.0 Å². The summed E-state index contributed by atoms with van der Waals surface area (Å²) in [6.45, 7) is 1.79. The Hall–Kier alpha value is -3.84. The van der Waals surface area contributed by atoms with Gasteiger partial charge in [0.15, 0.2) is 0 Å². The predicted molar refractivity (Wildman–Crippen MR) is 127 cm³/mol. The van der Waals surface area contributed by atoms with Gasteiger partial charge in [0, 0.05) is 17.3 Å². The average Bonchev–Trinajstić information content (AvgIpc) is 2.80. The van der Waals surface area contributed by atoms with E-state index in [4.69, 9.17) is 4.74 Å². The normalized spacial score (nSPS) is 11.2. The van der Waals surface area contributed by atoms with Crippen LogP contribution < -0.4 is 14.8 Å². The molecule has 0 bridgehead atoms. The summed E-state index contributed by atoms with van der Waals surface area (Å²) < 4.78 is 34.1. The quantitative estimate of drug-likeness (QED) is 0.426. The van der Waals surface area contributed by atoms with Gasteiger partial charge < -0.3 is 10.1 Å². The number of nitrogens with one attached hydrogen (secondary N) is 2. The highest BCUT2D eigenvalue weighted by Crippen LogP contribution is 2.33. The molecule has 0 aliphatic rings. The zero-order chi connectivity index (χ0) is 22.7. The minimum atomic E-state index is -3.85. The van der Waals surface area contributed by atoms with Gasteiger partial charge in [-0.3, -0.25) is 9.52 Å². The first-order chi connectivity index (χ1) is 15.4. The maximum atomic E-state index is 13.0. The Labute approximate surface area is 186 Å². The molecule has 32 heavy (non-hydrogen) atoms. The van der Waals surface area contributed by atoms with Crippen LogP contribution in [-0.4, -0.2) is 21.4 Å². The summed E-state index contributed by atoms with van der Waals surface area (Å²) in [5.41, 5.74) is 2.03. The van der Waals surface area contributed by atoms with Crippen LogP contribution in [0.25, 0.3) is 10.8 Å². The molecule has 6 nitrogen and oxygen atoms in total. The minimum absolute atomic E-state index is 0.150. The molecule has 0 saturated heterocycles. The number of methoxy groups -OCH3 is 1. The Balaban J connectivity index is 1.63. The SMILES string of the molecule is COc1cc(NC(=O)c2ccccc2)c(C)cc1NS(=O)(=O)c1ccc2ccccc2c1. The predicted octanol–water partition coefficient (Wildman–Crippen LogP) is 5.21. The Kier molecular flexibility index (Phi) is 5.83. The molecule has 0 aliphatic carbocycles. The highest BCUT2D eigenvalue weighted by molar-refractivity contribution is 7.92. The number of hydrogen-bond acceptors (Lipinski definition) is 4. The van der Waals surface area contributed by atoms with E-state index in [-0.39, 0.29) is 16.5 Å². The highest BCUT2D eigenvalue weighted by Gasteiger charge is 2.19. The molecule has 0 radical (unpaired) electrons. The first-order valence-corrected chi connectivity index (χ1v) is 11.4. The maximum absolute atomic E-state index is 13.0. The lowest BCUT2D eigenvalue weighted by atomic mass is 10.1. The summed E-state index contributed by atoms with van der Waals surface area (Å²) >= 11 is 0. The van der Waals surface area contributed by atoms with Crippen molar-refractivity contribution in [3.8, 4) is 5.75 Å². The fourth-order valence-corrected chi connectivity index (χ4v) is 4.49. The molecule has 0 aliphatic heterocycles. The third-order valence-electron chi connectivity index (χ3n) is 5.11. The third-order valence-corrected chi connectivity index (χ3v) is 6.47. The Morgan fingerprint density at radius 1 is 0.812 bits per heavy atom. The molecule has 0 unspecified atom stereocenters. The lowest BCUT2D eigenvalue weighted by Crippen LogP contribution is -2.15. The van der Waals surface area contributed by atoms with E-state index in [9.17, 15) is 13.2 Å². The van der Waals surface area contributed by atoms with Crippen molar-refractivity contribution in [2.75, 3.05) is 17.1 Å². The number of fused-ring (bicyclic) bond motifs is 1. The monoisotopic (exact) mass is 446 g/mol. The van der Waals surface area contributed by atoms with Crippen LogP contribution in [0.5, 0.6) is 5.75 Å². The number of sulfonamides is 1. The molecule has 7 heteroatoms. The lowest BCUT2D eigenvalue weighted by molar-refractivity contribution is 0.102. The summed E-state index contributed by atoms with van der Waals surface area (Å²) in [6, 6.07) is 24.6. The number of ether oxygens (including phenoxy) is 1. The number of rotatable bonds is 6. The van der Waals surface area contributed by atoms with Crippen molar-refractivity contribution in [3.63, 3.8) is 0 Å². The molecule has 162 valence electrons. The smallest absolute Gasteiger partial charge is 0.262 e. The van der Waals surface area contributed by atoms with E-state index in [1.165, 1.54) is 7.11 Å². The van der Waals surface area contributed by atoms with Crippen molar-refractivity contribution in [1.29, 1.82) is 0 Å². The van der Waals surface area contributed by atoms with E-state index in [1.807, 2.05) is 30.3 Å². The van der Waals surface area contributed by atoms with Gasteiger partial charge in [-0.05, 0) is 53.6 Å². The first-order valence-electron chi connectivity index (χ1n) is 9.94. The second kappa shape index (κ2) is 8.72. The third kappa shape index (κ3) is 4.43. The van der Waals surface area contributed by atoms with E-state index in [0.717, 1.165) is 10.8 Å². The summed E-state index contributed by atoms with van der Waals surface area (Å²) in [4.78, 5) is 12.7. The van der Waals surface area contributed by atoms with Crippen LogP contribution in [0.2, 0.25) is 0 Å². The van der Waals surface area contributed by atoms with Crippen LogP contribution in [0.1, 0.15) is 15.9 Å². The zero-order valence-corrected chi connectivity index (χ0v) is 18.4.